The second-order valence-electron chi connectivity index (χ2n) is 3.86. The Kier molecular flexibility index (Phi) is 5.60. The van der Waals surface area contributed by atoms with Crippen LogP contribution in [0.5, 0.6) is 0 Å². The van der Waals surface area contributed by atoms with Crippen LogP contribution in [0.2, 0.25) is 0 Å². The van der Waals surface area contributed by atoms with Crippen molar-refractivity contribution in [2.24, 2.45) is 5.92 Å². The molecule has 2 amide bonds. The fourth-order valence-electron chi connectivity index (χ4n) is 1.33. The predicted octanol–water partition coefficient (Wildman–Crippen LogP) is 1.85. The number of carboxylic acid groups (broad SMARTS) is 1. The average molecular weight is 272 g/mol. The predicted molar refractivity (Wildman–Crippen MR) is 69.3 cm³/mol. The number of carboxylic acids is 1. The molecule has 1 atom stereocenters. The Hall–Kier alpha value is -1.60. The van der Waals surface area contributed by atoms with Gasteiger partial charge in [0.2, 0.25) is 0 Å². The lowest BCUT2D eigenvalue weighted by Crippen LogP contribution is -2.33. The number of carbonyl (C=O) groups is 2. The normalized spacial score (nSPS) is 11.9. The van der Waals surface area contributed by atoms with E-state index in [1.807, 2.05) is 6.92 Å². The Bertz CT molecular complexity index is 419. The molecule has 0 aliphatic rings. The number of thiophene rings is 1. The van der Waals surface area contributed by atoms with Crippen LogP contribution >= 0.6 is 11.3 Å². The molecule has 0 aromatic carbocycles. The van der Waals surface area contributed by atoms with E-state index in [1.54, 1.807) is 12.5 Å². The lowest BCUT2D eigenvalue weighted by molar-refractivity contribution is 0.0698. The Balaban J connectivity index is 2.45. The first-order valence-electron chi connectivity index (χ1n) is 5.39. The summed E-state index contributed by atoms with van der Waals surface area (Å²) in [5, 5.41) is 16.0. The number of amides is 2. The van der Waals surface area contributed by atoms with E-state index in [0.29, 0.717) is 18.2 Å². The molecule has 1 aromatic rings. The van der Waals surface area contributed by atoms with Gasteiger partial charge in [-0.2, -0.15) is 0 Å². The van der Waals surface area contributed by atoms with Crippen LogP contribution < -0.4 is 10.6 Å². The van der Waals surface area contributed by atoms with Crippen molar-refractivity contribution in [1.29, 1.82) is 0 Å². The van der Waals surface area contributed by atoms with Crippen molar-refractivity contribution in [1.82, 2.24) is 5.32 Å². The van der Waals surface area contributed by atoms with Crippen LogP contribution in [0.4, 0.5) is 9.80 Å². The summed E-state index contributed by atoms with van der Waals surface area (Å²) in [6, 6.07) is 1.04. The third kappa shape index (κ3) is 4.34. The molecule has 3 N–H and O–H groups in total. The van der Waals surface area contributed by atoms with E-state index in [9.17, 15) is 9.59 Å². The Morgan fingerprint density at radius 1 is 1.56 bits per heavy atom. The molecule has 1 unspecified atom stereocenters. The van der Waals surface area contributed by atoms with Gasteiger partial charge in [-0.05, 0) is 17.4 Å². The van der Waals surface area contributed by atoms with Gasteiger partial charge < -0.3 is 15.2 Å². The molecule has 0 spiro atoms. The molecule has 0 aliphatic heterocycles. The quantitative estimate of drug-likeness (QED) is 0.737. The Morgan fingerprint density at radius 3 is 2.89 bits per heavy atom. The number of hydrogen-bond donors (Lipinski definition) is 3. The number of methoxy groups -OCH3 is 1. The molecule has 0 saturated heterocycles. The highest BCUT2D eigenvalue weighted by Crippen LogP contribution is 2.22. The molecule has 1 heterocycles. The minimum atomic E-state index is -1.06. The first-order valence-corrected chi connectivity index (χ1v) is 6.27. The summed E-state index contributed by atoms with van der Waals surface area (Å²) in [7, 11) is 1.60. The number of ether oxygens (including phenoxy) is 1. The molecule has 18 heavy (non-hydrogen) atoms. The minimum Gasteiger partial charge on any atom is -0.478 e. The molecule has 7 heteroatoms. The van der Waals surface area contributed by atoms with E-state index in [1.165, 1.54) is 17.4 Å². The van der Waals surface area contributed by atoms with Crippen LogP contribution in [-0.2, 0) is 4.74 Å². The van der Waals surface area contributed by atoms with E-state index >= 15 is 0 Å². The van der Waals surface area contributed by atoms with Gasteiger partial charge in [-0.1, -0.05) is 6.92 Å². The van der Waals surface area contributed by atoms with Gasteiger partial charge in [-0.15, -0.1) is 11.3 Å². The van der Waals surface area contributed by atoms with Gasteiger partial charge in [-0.25, -0.2) is 9.59 Å². The number of hydrogen-bond acceptors (Lipinski definition) is 4. The average Bonchev–Trinajstić information content (AvgIpc) is 2.75. The molecule has 0 aliphatic carbocycles. The molecule has 0 fully saturated rings. The highest BCUT2D eigenvalue weighted by atomic mass is 32.1. The second-order valence-corrected chi connectivity index (χ2v) is 4.78. The fourth-order valence-corrected chi connectivity index (χ4v) is 2.11. The largest absolute Gasteiger partial charge is 0.478 e. The minimum absolute atomic E-state index is 0.0973. The summed E-state index contributed by atoms with van der Waals surface area (Å²) in [6.45, 7) is 2.96. The maximum Gasteiger partial charge on any atom is 0.338 e. The lowest BCUT2D eigenvalue weighted by Gasteiger charge is -2.11. The molecule has 100 valence electrons. The van der Waals surface area contributed by atoms with Crippen LogP contribution in [0.15, 0.2) is 11.4 Å². The first kappa shape index (κ1) is 14.5. The van der Waals surface area contributed by atoms with Crippen LogP contribution in [0, 0.1) is 5.92 Å². The number of carbonyl (C=O) groups excluding carboxylic acids is 1. The number of nitrogens with one attached hydrogen (secondary N) is 2. The lowest BCUT2D eigenvalue weighted by atomic mass is 10.2. The SMILES string of the molecule is COCC(C)CNC(=O)Nc1sccc1C(=O)O. The highest BCUT2D eigenvalue weighted by Gasteiger charge is 2.13. The Morgan fingerprint density at radius 2 is 2.28 bits per heavy atom. The van der Waals surface area contributed by atoms with E-state index < -0.39 is 12.0 Å². The third-order valence-corrected chi connectivity index (χ3v) is 3.01. The number of urea groups is 1. The summed E-state index contributed by atoms with van der Waals surface area (Å²) in [6.07, 6.45) is 0. The van der Waals surface area contributed by atoms with Crippen molar-refractivity contribution in [3.8, 4) is 0 Å². The molecular weight excluding hydrogens is 256 g/mol. The van der Waals surface area contributed by atoms with Crippen molar-refractivity contribution in [3.63, 3.8) is 0 Å². The van der Waals surface area contributed by atoms with Gasteiger partial charge in [0.25, 0.3) is 0 Å². The van der Waals surface area contributed by atoms with Gasteiger partial charge in [0.15, 0.2) is 0 Å². The standard InChI is InChI=1S/C11H16N2O4S/c1-7(6-17-2)5-12-11(16)13-9-8(10(14)15)3-4-18-9/h3-4,7H,5-6H2,1-2H3,(H,14,15)(H2,12,13,16). The molecular formula is C11H16N2O4S. The molecule has 1 rings (SSSR count). The van der Waals surface area contributed by atoms with Crippen LogP contribution in [0.1, 0.15) is 17.3 Å². The Labute approximate surface area is 109 Å². The fraction of sp³-hybridized carbons (Fsp3) is 0.455. The van der Waals surface area contributed by atoms with Gasteiger partial charge >= 0.3 is 12.0 Å². The van der Waals surface area contributed by atoms with E-state index in [2.05, 4.69) is 10.6 Å². The first-order chi connectivity index (χ1) is 8.54. The zero-order valence-electron chi connectivity index (χ0n) is 10.2. The van der Waals surface area contributed by atoms with Gasteiger partial charge in [-0.3, -0.25) is 5.32 Å². The van der Waals surface area contributed by atoms with Crippen LogP contribution in [0.25, 0.3) is 0 Å². The highest BCUT2D eigenvalue weighted by molar-refractivity contribution is 7.14. The maximum absolute atomic E-state index is 11.5. The summed E-state index contributed by atoms with van der Waals surface area (Å²) in [5.41, 5.74) is 0.0973. The van der Waals surface area contributed by atoms with Crippen molar-refractivity contribution in [2.75, 3.05) is 25.6 Å². The van der Waals surface area contributed by atoms with E-state index in [0.717, 1.165) is 0 Å². The molecule has 6 nitrogen and oxygen atoms in total. The topological polar surface area (TPSA) is 87.7 Å². The van der Waals surface area contributed by atoms with Crippen LogP contribution in [0.3, 0.4) is 0 Å². The monoisotopic (exact) mass is 272 g/mol. The maximum atomic E-state index is 11.5. The molecule has 0 bridgehead atoms. The third-order valence-electron chi connectivity index (χ3n) is 2.18. The van der Waals surface area contributed by atoms with Crippen molar-refractivity contribution in [3.05, 3.63) is 17.0 Å². The van der Waals surface area contributed by atoms with Crippen molar-refractivity contribution < 1.29 is 19.4 Å². The number of rotatable bonds is 6. The molecule has 1 aromatic heterocycles. The summed E-state index contributed by atoms with van der Waals surface area (Å²) < 4.78 is 4.94. The number of anilines is 1. The van der Waals surface area contributed by atoms with Gasteiger partial charge in [0, 0.05) is 13.7 Å². The van der Waals surface area contributed by atoms with Gasteiger partial charge in [0.1, 0.15) is 5.00 Å². The smallest absolute Gasteiger partial charge is 0.338 e. The summed E-state index contributed by atoms with van der Waals surface area (Å²) >= 11 is 1.17. The second kappa shape index (κ2) is 6.97. The van der Waals surface area contributed by atoms with Crippen molar-refractivity contribution in [2.45, 2.75) is 6.92 Å². The van der Waals surface area contributed by atoms with E-state index in [4.69, 9.17) is 9.84 Å². The van der Waals surface area contributed by atoms with E-state index in [-0.39, 0.29) is 11.5 Å². The van der Waals surface area contributed by atoms with Crippen molar-refractivity contribution >= 4 is 28.3 Å². The zero-order valence-corrected chi connectivity index (χ0v) is 11.0. The van der Waals surface area contributed by atoms with Gasteiger partial charge in [0.05, 0.1) is 12.2 Å². The zero-order chi connectivity index (χ0) is 13.5. The number of aromatic carboxylic acids is 1. The molecule has 0 radical (unpaired) electrons. The van der Waals surface area contributed by atoms with Crippen LogP contribution in [-0.4, -0.2) is 37.4 Å². The molecule has 0 saturated carbocycles. The summed E-state index contributed by atoms with van der Waals surface area (Å²) in [5.74, 6) is -0.859. The summed E-state index contributed by atoms with van der Waals surface area (Å²) in [4.78, 5) is 22.4.